The zero-order chi connectivity index (χ0) is 16.9. The minimum atomic E-state index is -0.484. The molecule has 0 radical (unpaired) electrons. The van der Waals surface area contributed by atoms with Crippen molar-refractivity contribution in [1.29, 1.82) is 0 Å². The third kappa shape index (κ3) is 3.79. The fourth-order valence-electron chi connectivity index (χ4n) is 1.98. The van der Waals surface area contributed by atoms with Gasteiger partial charge in [0.15, 0.2) is 0 Å². The molecule has 0 fully saturated rings. The molecule has 0 bridgehead atoms. The zero-order valence-corrected chi connectivity index (χ0v) is 13.9. The molecule has 0 aliphatic rings. The number of thiazole rings is 1. The Bertz CT molecular complexity index is 903. The van der Waals surface area contributed by atoms with Gasteiger partial charge in [-0.2, -0.15) is 0 Å². The number of aromatic nitrogens is 1. The molecule has 5 nitrogen and oxygen atoms in total. The van der Waals surface area contributed by atoms with Crippen LogP contribution in [0, 0.1) is 0 Å². The monoisotopic (exact) mass is 357 g/mol. The van der Waals surface area contributed by atoms with Crippen LogP contribution in [0.1, 0.15) is 15.4 Å². The van der Waals surface area contributed by atoms with Crippen molar-refractivity contribution >= 4 is 51.0 Å². The SMILES string of the molecule is O=C(/C=C/c1nc2ccccc2s1)NNC(=O)c1ccccc1Cl. The van der Waals surface area contributed by atoms with Crippen molar-refractivity contribution in [2.24, 2.45) is 0 Å². The van der Waals surface area contributed by atoms with Crippen molar-refractivity contribution in [3.05, 3.63) is 70.2 Å². The van der Waals surface area contributed by atoms with Gasteiger partial charge in [-0.1, -0.05) is 35.9 Å². The van der Waals surface area contributed by atoms with Gasteiger partial charge in [0.05, 0.1) is 20.8 Å². The van der Waals surface area contributed by atoms with Crippen LogP contribution in [0.3, 0.4) is 0 Å². The number of amides is 2. The maximum atomic E-state index is 11.9. The summed E-state index contributed by atoms with van der Waals surface area (Å²) < 4.78 is 1.05. The van der Waals surface area contributed by atoms with Gasteiger partial charge in [-0.25, -0.2) is 4.98 Å². The van der Waals surface area contributed by atoms with Crippen LogP contribution in [0.25, 0.3) is 16.3 Å². The summed E-state index contributed by atoms with van der Waals surface area (Å²) in [6.45, 7) is 0. The van der Waals surface area contributed by atoms with E-state index in [1.54, 1.807) is 30.3 Å². The summed E-state index contributed by atoms with van der Waals surface area (Å²) in [6, 6.07) is 14.3. The summed E-state index contributed by atoms with van der Waals surface area (Å²) in [5.74, 6) is -0.947. The lowest BCUT2D eigenvalue weighted by Gasteiger charge is -2.06. The first-order valence-corrected chi connectivity index (χ1v) is 8.21. The highest BCUT2D eigenvalue weighted by Gasteiger charge is 2.09. The van der Waals surface area contributed by atoms with Gasteiger partial charge >= 0.3 is 0 Å². The van der Waals surface area contributed by atoms with Gasteiger partial charge in [-0.15, -0.1) is 11.3 Å². The molecule has 2 amide bonds. The smallest absolute Gasteiger partial charge is 0.268 e. The van der Waals surface area contributed by atoms with Gasteiger partial charge in [0.25, 0.3) is 11.8 Å². The summed E-state index contributed by atoms with van der Waals surface area (Å²) in [5, 5.41) is 1.03. The second kappa shape index (κ2) is 7.25. The Hall–Kier alpha value is -2.70. The van der Waals surface area contributed by atoms with E-state index in [1.165, 1.54) is 17.4 Å². The Kier molecular flexibility index (Phi) is 4.88. The minimum absolute atomic E-state index is 0.287. The Morgan fingerprint density at radius 1 is 1.04 bits per heavy atom. The van der Waals surface area contributed by atoms with E-state index in [1.807, 2.05) is 24.3 Å². The van der Waals surface area contributed by atoms with Gasteiger partial charge in [-0.05, 0) is 30.3 Å². The molecule has 2 N–H and O–H groups in total. The number of rotatable bonds is 3. The maximum Gasteiger partial charge on any atom is 0.271 e. The second-order valence-electron chi connectivity index (χ2n) is 4.78. The molecule has 3 aromatic rings. The maximum absolute atomic E-state index is 11.9. The number of benzene rings is 2. The van der Waals surface area contributed by atoms with Crippen LogP contribution in [-0.4, -0.2) is 16.8 Å². The molecular formula is C17H12ClN3O2S. The van der Waals surface area contributed by atoms with Crippen LogP contribution in [0.15, 0.2) is 54.6 Å². The average molecular weight is 358 g/mol. The van der Waals surface area contributed by atoms with Crippen LogP contribution in [0.5, 0.6) is 0 Å². The quantitative estimate of drug-likeness (QED) is 0.557. The fraction of sp³-hybridized carbons (Fsp3) is 0. The van der Waals surface area contributed by atoms with Crippen molar-refractivity contribution in [2.45, 2.75) is 0 Å². The Morgan fingerprint density at radius 3 is 2.58 bits per heavy atom. The molecule has 120 valence electrons. The molecule has 0 spiro atoms. The molecule has 0 atom stereocenters. The van der Waals surface area contributed by atoms with Crippen LogP contribution in [-0.2, 0) is 4.79 Å². The van der Waals surface area contributed by atoms with Crippen LogP contribution < -0.4 is 10.9 Å². The summed E-state index contributed by atoms with van der Waals surface area (Å²) >= 11 is 7.40. The molecule has 0 aliphatic carbocycles. The molecule has 1 heterocycles. The second-order valence-corrected chi connectivity index (χ2v) is 6.25. The van der Waals surface area contributed by atoms with E-state index in [-0.39, 0.29) is 5.56 Å². The predicted molar refractivity (Wildman–Crippen MR) is 95.7 cm³/mol. The van der Waals surface area contributed by atoms with Crippen LogP contribution >= 0.6 is 22.9 Å². The number of hydrogen-bond acceptors (Lipinski definition) is 4. The molecular weight excluding hydrogens is 346 g/mol. The number of fused-ring (bicyclic) bond motifs is 1. The number of halogens is 1. The summed E-state index contributed by atoms with van der Waals surface area (Å²) in [5.41, 5.74) is 5.79. The fourth-order valence-corrected chi connectivity index (χ4v) is 3.07. The highest BCUT2D eigenvalue weighted by atomic mass is 35.5. The minimum Gasteiger partial charge on any atom is -0.268 e. The van der Waals surface area contributed by atoms with E-state index in [0.29, 0.717) is 10.0 Å². The van der Waals surface area contributed by atoms with Crippen LogP contribution in [0.4, 0.5) is 0 Å². The van der Waals surface area contributed by atoms with Crippen molar-refractivity contribution in [2.75, 3.05) is 0 Å². The van der Waals surface area contributed by atoms with Crippen LogP contribution in [0.2, 0.25) is 5.02 Å². The number of para-hydroxylation sites is 1. The zero-order valence-electron chi connectivity index (χ0n) is 12.3. The van der Waals surface area contributed by atoms with Crippen molar-refractivity contribution in [3.63, 3.8) is 0 Å². The molecule has 1 aromatic heterocycles. The first kappa shape index (κ1) is 16.2. The lowest BCUT2D eigenvalue weighted by atomic mass is 10.2. The molecule has 2 aromatic carbocycles. The summed E-state index contributed by atoms with van der Waals surface area (Å²) in [4.78, 5) is 28.1. The van der Waals surface area contributed by atoms with Gasteiger partial charge in [0.1, 0.15) is 5.01 Å². The Labute approximate surface area is 146 Å². The lowest BCUT2D eigenvalue weighted by Crippen LogP contribution is -2.40. The third-order valence-electron chi connectivity index (χ3n) is 3.11. The standard InChI is InChI=1S/C17H12ClN3O2S/c18-12-6-2-1-5-11(12)17(23)21-20-15(22)9-10-16-19-13-7-3-4-8-14(13)24-16/h1-10H,(H,20,22)(H,21,23)/b10-9+. The van der Waals surface area contributed by atoms with Crippen molar-refractivity contribution in [3.8, 4) is 0 Å². The van der Waals surface area contributed by atoms with E-state index in [0.717, 1.165) is 10.2 Å². The third-order valence-corrected chi connectivity index (χ3v) is 4.44. The van der Waals surface area contributed by atoms with Gasteiger partial charge < -0.3 is 0 Å². The van der Waals surface area contributed by atoms with E-state index in [2.05, 4.69) is 15.8 Å². The normalized spacial score (nSPS) is 10.9. The van der Waals surface area contributed by atoms with E-state index < -0.39 is 11.8 Å². The number of carbonyl (C=O) groups excluding carboxylic acids is 2. The largest absolute Gasteiger partial charge is 0.271 e. The molecule has 0 unspecified atom stereocenters. The number of carbonyl (C=O) groups is 2. The lowest BCUT2D eigenvalue weighted by molar-refractivity contribution is -0.117. The topological polar surface area (TPSA) is 71.1 Å². The highest BCUT2D eigenvalue weighted by molar-refractivity contribution is 7.19. The van der Waals surface area contributed by atoms with Crippen molar-refractivity contribution in [1.82, 2.24) is 15.8 Å². The van der Waals surface area contributed by atoms with Crippen molar-refractivity contribution < 1.29 is 9.59 Å². The molecule has 7 heteroatoms. The van der Waals surface area contributed by atoms with E-state index in [4.69, 9.17) is 11.6 Å². The molecule has 24 heavy (non-hydrogen) atoms. The average Bonchev–Trinajstić information content (AvgIpc) is 3.01. The number of hydrazine groups is 1. The first-order chi connectivity index (χ1) is 11.6. The van der Waals surface area contributed by atoms with E-state index >= 15 is 0 Å². The highest BCUT2D eigenvalue weighted by Crippen LogP contribution is 2.22. The summed E-state index contributed by atoms with van der Waals surface area (Å²) in [6.07, 6.45) is 2.91. The molecule has 3 rings (SSSR count). The first-order valence-electron chi connectivity index (χ1n) is 7.02. The van der Waals surface area contributed by atoms with Gasteiger partial charge in [0.2, 0.25) is 0 Å². The predicted octanol–water partition coefficient (Wildman–Crippen LogP) is 3.42. The summed E-state index contributed by atoms with van der Waals surface area (Å²) in [7, 11) is 0. The Morgan fingerprint density at radius 2 is 1.79 bits per heavy atom. The Balaban J connectivity index is 1.59. The number of nitrogens with zero attached hydrogens (tertiary/aromatic N) is 1. The number of hydrogen-bond donors (Lipinski definition) is 2. The molecule has 0 aliphatic heterocycles. The van der Waals surface area contributed by atoms with Gasteiger partial charge in [0, 0.05) is 6.08 Å². The molecule has 0 saturated carbocycles. The van der Waals surface area contributed by atoms with E-state index in [9.17, 15) is 9.59 Å². The van der Waals surface area contributed by atoms with Gasteiger partial charge in [-0.3, -0.25) is 20.4 Å². The molecule has 0 saturated heterocycles. The number of nitrogens with one attached hydrogen (secondary N) is 2.